The Balaban J connectivity index is 3.37. The van der Waals surface area contributed by atoms with Crippen LogP contribution in [0.15, 0.2) is 12.1 Å². The van der Waals surface area contributed by atoms with Crippen molar-refractivity contribution in [3.05, 3.63) is 28.5 Å². The molecule has 13 heavy (non-hydrogen) atoms. The van der Waals surface area contributed by atoms with E-state index in [0.717, 1.165) is 6.07 Å². The molecule has 0 spiro atoms. The summed E-state index contributed by atoms with van der Waals surface area (Å²) in [6.07, 6.45) is 0. The first kappa shape index (κ1) is 10.3. The van der Waals surface area contributed by atoms with Crippen molar-refractivity contribution in [2.75, 3.05) is 0 Å². The normalized spacial score (nSPS) is 11.8. The molecule has 0 aliphatic carbocycles. The molecule has 2 N–H and O–H groups in total. The summed E-state index contributed by atoms with van der Waals surface area (Å²) in [4.78, 5) is 0. The molecule has 1 aromatic carbocycles. The molecule has 0 atom stereocenters. The van der Waals surface area contributed by atoms with Crippen molar-refractivity contribution in [2.45, 2.75) is 19.4 Å². The van der Waals surface area contributed by atoms with Crippen molar-refractivity contribution in [1.82, 2.24) is 0 Å². The summed E-state index contributed by atoms with van der Waals surface area (Å²) in [7, 11) is 0. The maximum absolute atomic E-state index is 12.9. The lowest BCUT2D eigenvalue weighted by atomic mass is 9.97. The van der Waals surface area contributed by atoms with Gasteiger partial charge in [-0.15, -0.1) is 0 Å². The van der Waals surface area contributed by atoms with Gasteiger partial charge in [0.15, 0.2) is 11.6 Å². The highest BCUT2D eigenvalue weighted by Crippen LogP contribution is 2.33. The van der Waals surface area contributed by atoms with Crippen molar-refractivity contribution < 1.29 is 14.6 Å². The smallest absolute Gasteiger partial charge is 0.166 e. The van der Waals surface area contributed by atoms with Gasteiger partial charge in [0.05, 0.1) is 5.60 Å². The molecule has 0 bridgehead atoms. The summed E-state index contributed by atoms with van der Waals surface area (Å²) in [5.41, 5.74) is -1.23. The zero-order valence-electron chi connectivity index (χ0n) is 7.31. The van der Waals surface area contributed by atoms with Crippen molar-refractivity contribution in [3.8, 4) is 5.75 Å². The van der Waals surface area contributed by atoms with E-state index in [0.29, 0.717) is 0 Å². The number of hydrogen-bond acceptors (Lipinski definition) is 2. The zero-order valence-corrected chi connectivity index (χ0v) is 8.06. The SMILES string of the molecule is CC(C)(O)c1cc(Cl)cc(F)c1O. The molecule has 1 aromatic rings. The Kier molecular flexibility index (Phi) is 2.50. The van der Waals surface area contributed by atoms with Crippen LogP contribution in [0.4, 0.5) is 4.39 Å². The Labute approximate surface area is 80.6 Å². The van der Waals surface area contributed by atoms with Gasteiger partial charge in [0.25, 0.3) is 0 Å². The summed E-state index contributed by atoms with van der Waals surface area (Å²) < 4.78 is 12.9. The highest BCUT2D eigenvalue weighted by molar-refractivity contribution is 6.30. The molecule has 1 rings (SSSR count). The fourth-order valence-electron chi connectivity index (χ4n) is 1.03. The quantitative estimate of drug-likeness (QED) is 0.738. The number of phenolic OH excluding ortho intramolecular Hbond substituents is 1. The van der Waals surface area contributed by atoms with Crippen molar-refractivity contribution >= 4 is 11.6 Å². The predicted molar refractivity (Wildman–Crippen MR) is 48.3 cm³/mol. The molecule has 0 aliphatic heterocycles. The third kappa shape index (κ3) is 2.11. The van der Waals surface area contributed by atoms with Crippen molar-refractivity contribution in [2.24, 2.45) is 0 Å². The summed E-state index contributed by atoms with van der Waals surface area (Å²) in [6.45, 7) is 2.88. The van der Waals surface area contributed by atoms with E-state index in [9.17, 15) is 14.6 Å². The molecular weight excluding hydrogens is 195 g/mol. The number of phenols is 1. The number of aromatic hydroxyl groups is 1. The minimum absolute atomic E-state index is 0.0810. The molecule has 4 heteroatoms. The number of rotatable bonds is 1. The fourth-order valence-corrected chi connectivity index (χ4v) is 1.24. The molecule has 2 nitrogen and oxygen atoms in total. The summed E-state index contributed by atoms with van der Waals surface area (Å²) in [6, 6.07) is 2.33. The fraction of sp³-hybridized carbons (Fsp3) is 0.333. The van der Waals surface area contributed by atoms with Crippen LogP contribution in [0.1, 0.15) is 19.4 Å². The second-order valence-corrected chi connectivity index (χ2v) is 3.78. The van der Waals surface area contributed by atoms with Crippen LogP contribution in [0.25, 0.3) is 0 Å². The van der Waals surface area contributed by atoms with Crippen LogP contribution in [0.2, 0.25) is 5.02 Å². The average Bonchev–Trinajstić information content (AvgIpc) is 1.94. The van der Waals surface area contributed by atoms with E-state index in [1.807, 2.05) is 0 Å². The van der Waals surface area contributed by atoms with Gasteiger partial charge in [-0.3, -0.25) is 0 Å². The standard InChI is InChI=1S/C9H10ClFO2/c1-9(2,13)6-3-5(10)4-7(11)8(6)12/h3-4,12-13H,1-2H3. The molecule has 72 valence electrons. The summed E-state index contributed by atoms with van der Waals surface area (Å²) in [5, 5.41) is 18.9. The minimum Gasteiger partial charge on any atom is -0.505 e. The van der Waals surface area contributed by atoms with E-state index in [1.165, 1.54) is 19.9 Å². The molecule has 0 aliphatic rings. The Morgan fingerprint density at radius 3 is 2.38 bits per heavy atom. The topological polar surface area (TPSA) is 40.5 Å². The van der Waals surface area contributed by atoms with Crippen LogP contribution in [-0.4, -0.2) is 10.2 Å². The molecular formula is C9H10ClFO2. The highest BCUT2D eigenvalue weighted by atomic mass is 35.5. The summed E-state index contributed by atoms with van der Waals surface area (Å²) in [5.74, 6) is -1.39. The molecule has 0 fully saturated rings. The Bertz CT molecular complexity index is 331. The molecule has 0 heterocycles. The van der Waals surface area contributed by atoms with Crippen LogP contribution in [0.3, 0.4) is 0 Å². The summed E-state index contributed by atoms with van der Waals surface area (Å²) >= 11 is 5.57. The van der Waals surface area contributed by atoms with E-state index in [-0.39, 0.29) is 10.6 Å². The second-order valence-electron chi connectivity index (χ2n) is 3.34. The van der Waals surface area contributed by atoms with Crippen molar-refractivity contribution in [3.63, 3.8) is 0 Å². The van der Waals surface area contributed by atoms with Gasteiger partial charge in [-0.05, 0) is 26.0 Å². The van der Waals surface area contributed by atoms with Gasteiger partial charge in [-0.2, -0.15) is 0 Å². The van der Waals surface area contributed by atoms with Crippen LogP contribution < -0.4 is 0 Å². The van der Waals surface area contributed by atoms with Gasteiger partial charge >= 0.3 is 0 Å². The maximum Gasteiger partial charge on any atom is 0.166 e. The largest absolute Gasteiger partial charge is 0.505 e. The molecule has 0 saturated heterocycles. The first-order chi connectivity index (χ1) is 5.82. The number of halogens is 2. The third-order valence-electron chi connectivity index (χ3n) is 1.69. The average molecular weight is 205 g/mol. The van der Waals surface area contributed by atoms with Crippen LogP contribution >= 0.6 is 11.6 Å². The first-order valence-electron chi connectivity index (χ1n) is 3.73. The number of benzene rings is 1. The highest BCUT2D eigenvalue weighted by Gasteiger charge is 2.22. The lowest BCUT2D eigenvalue weighted by Crippen LogP contribution is -2.16. The minimum atomic E-state index is -1.31. The van der Waals surface area contributed by atoms with Gasteiger partial charge in [0, 0.05) is 10.6 Å². The Morgan fingerprint density at radius 1 is 1.38 bits per heavy atom. The maximum atomic E-state index is 12.9. The lowest BCUT2D eigenvalue weighted by Gasteiger charge is -2.19. The van der Waals surface area contributed by atoms with Gasteiger partial charge in [-0.25, -0.2) is 4.39 Å². The molecule has 0 amide bonds. The van der Waals surface area contributed by atoms with Gasteiger partial charge in [-0.1, -0.05) is 11.6 Å². The second kappa shape index (κ2) is 3.16. The molecule has 0 unspecified atom stereocenters. The molecule has 0 saturated carbocycles. The zero-order chi connectivity index (χ0) is 10.2. The van der Waals surface area contributed by atoms with E-state index in [1.54, 1.807) is 0 Å². The van der Waals surface area contributed by atoms with Gasteiger partial charge < -0.3 is 10.2 Å². The lowest BCUT2D eigenvalue weighted by molar-refractivity contribution is 0.0751. The van der Waals surface area contributed by atoms with Crippen molar-refractivity contribution in [1.29, 1.82) is 0 Å². The van der Waals surface area contributed by atoms with E-state index < -0.39 is 17.2 Å². The predicted octanol–water partition coefficient (Wildman–Crippen LogP) is 2.41. The molecule has 0 radical (unpaired) electrons. The first-order valence-corrected chi connectivity index (χ1v) is 4.11. The molecule has 0 aromatic heterocycles. The van der Waals surface area contributed by atoms with E-state index in [4.69, 9.17) is 11.6 Å². The number of aliphatic hydroxyl groups is 1. The van der Waals surface area contributed by atoms with Gasteiger partial charge in [0.1, 0.15) is 0 Å². The third-order valence-corrected chi connectivity index (χ3v) is 1.91. The van der Waals surface area contributed by atoms with E-state index >= 15 is 0 Å². The monoisotopic (exact) mass is 204 g/mol. The van der Waals surface area contributed by atoms with Crippen LogP contribution in [-0.2, 0) is 5.60 Å². The number of hydrogen-bond donors (Lipinski definition) is 2. The van der Waals surface area contributed by atoms with Gasteiger partial charge in [0.2, 0.25) is 0 Å². The van der Waals surface area contributed by atoms with Crippen LogP contribution in [0, 0.1) is 5.82 Å². The Morgan fingerprint density at radius 2 is 1.92 bits per heavy atom. The Hall–Kier alpha value is -0.800. The van der Waals surface area contributed by atoms with E-state index in [2.05, 4.69) is 0 Å². The van der Waals surface area contributed by atoms with Crippen LogP contribution in [0.5, 0.6) is 5.75 Å².